The largest absolute Gasteiger partial charge is 0.355 e. The molecule has 0 spiro atoms. The van der Waals surface area contributed by atoms with Gasteiger partial charge in [-0.1, -0.05) is 18.2 Å². The topological polar surface area (TPSA) is 33.2 Å². The fourth-order valence-corrected chi connectivity index (χ4v) is 2.93. The lowest BCUT2D eigenvalue weighted by Gasteiger charge is -2.25. The van der Waals surface area contributed by atoms with Gasteiger partial charge in [-0.25, -0.2) is 4.98 Å². The molecule has 0 amide bonds. The minimum absolute atomic E-state index is 0.731. The number of pyridine rings is 1. The molecule has 0 N–H and O–H groups in total. The summed E-state index contributed by atoms with van der Waals surface area (Å²) in [5.41, 5.74) is 1.71. The van der Waals surface area contributed by atoms with Crippen LogP contribution in [0.25, 0.3) is 10.9 Å². The Balaban J connectivity index is 1.74. The summed E-state index contributed by atoms with van der Waals surface area (Å²) in [7, 11) is 0. The van der Waals surface area contributed by atoms with Crippen LogP contribution in [-0.4, -0.2) is 24.4 Å². The van der Waals surface area contributed by atoms with E-state index in [1.807, 2.05) is 30.3 Å². The molecule has 2 fully saturated rings. The highest BCUT2D eigenvalue weighted by atomic mass is 16.1. The molecule has 2 aliphatic carbocycles. The molecule has 3 nitrogen and oxygen atoms in total. The first-order valence-corrected chi connectivity index (χ1v) is 7.93. The molecule has 21 heavy (non-hydrogen) atoms. The Kier molecular flexibility index (Phi) is 3.13. The molecule has 2 aliphatic rings. The molecule has 0 bridgehead atoms. The number of hydrogen-bond acceptors (Lipinski definition) is 3. The lowest BCUT2D eigenvalue weighted by molar-refractivity contribution is 0.112. The van der Waals surface area contributed by atoms with Crippen molar-refractivity contribution in [1.82, 2.24) is 4.98 Å². The molecule has 1 aromatic heterocycles. The van der Waals surface area contributed by atoms with Gasteiger partial charge in [-0.15, -0.1) is 0 Å². The van der Waals surface area contributed by atoms with Crippen LogP contribution < -0.4 is 4.90 Å². The number of hydrogen-bond donors (Lipinski definition) is 0. The van der Waals surface area contributed by atoms with Crippen molar-refractivity contribution in [2.75, 3.05) is 18.0 Å². The van der Waals surface area contributed by atoms with Crippen LogP contribution in [0.5, 0.6) is 0 Å². The summed E-state index contributed by atoms with van der Waals surface area (Å²) in [5.74, 6) is 2.50. The van der Waals surface area contributed by atoms with Gasteiger partial charge in [0.15, 0.2) is 6.29 Å². The summed E-state index contributed by atoms with van der Waals surface area (Å²) < 4.78 is 0. The number of benzene rings is 1. The van der Waals surface area contributed by atoms with Crippen molar-refractivity contribution in [3.8, 4) is 0 Å². The van der Waals surface area contributed by atoms with Gasteiger partial charge in [0.05, 0.1) is 11.1 Å². The van der Waals surface area contributed by atoms with Gasteiger partial charge in [-0.2, -0.15) is 0 Å². The summed E-state index contributed by atoms with van der Waals surface area (Å²) in [6, 6.07) is 10.0. The maximum atomic E-state index is 11.5. The maximum absolute atomic E-state index is 11.5. The van der Waals surface area contributed by atoms with Crippen LogP contribution >= 0.6 is 0 Å². The Bertz CT molecular complexity index is 660. The second-order valence-electron chi connectivity index (χ2n) is 6.50. The van der Waals surface area contributed by atoms with Crippen molar-refractivity contribution in [2.45, 2.75) is 25.7 Å². The molecule has 1 heterocycles. The third-order valence-electron chi connectivity index (χ3n) is 4.51. The number of fused-ring (bicyclic) bond motifs is 1. The molecule has 0 radical (unpaired) electrons. The van der Waals surface area contributed by atoms with Crippen LogP contribution in [0.4, 0.5) is 5.82 Å². The number of carbonyl (C=O) groups is 1. The summed E-state index contributed by atoms with van der Waals surface area (Å²) in [5, 5.41) is 1.04. The van der Waals surface area contributed by atoms with Gasteiger partial charge in [0, 0.05) is 18.5 Å². The first-order chi connectivity index (χ1) is 10.3. The SMILES string of the molecule is O=Cc1cc2ccccc2nc1N(CC1CC1)CC1CC1. The highest BCUT2D eigenvalue weighted by molar-refractivity contribution is 5.91. The monoisotopic (exact) mass is 280 g/mol. The second kappa shape index (κ2) is 5.14. The van der Waals surface area contributed by atoms with E-state index in [2.05, 4.69) is 4.90 Å². The Morgan fingerprint density at radius 3 is 2.38 bits per heavy atom. The van der Waals surface area contributed by atoms with Gasteiger partial charge in [0.25, 0.3) is 0 Å². The zero-order valence-electron chi connectivity index (χ0n) is 12.2. The van der Waals surface area contributed by atoms with E-state index in [4.69, 9.17) is 4.98 Å². The van der Waals surface area contributed by atoms with Crippen molar-refractivity contribution < 1.29 is 4.79 Å². The van der Waals surface area contributed by atoms with Crippen molar-refractivity contribution in [1.29, 1.82) is 0 Å². The van der Waals surface area contributed by atoms with Crippen LogP contribution in [-0.2, 0) is 0 Å². The molecule has 0 saturated heterocycles. The van der Waals surface area contributed by atoms with Gasteiger partial charge in [-0.05, 0) is 49.7 Å². The second-order valence-corrected chi connectivity index (χ2v) is 6.50. The number of aldehydes is 1. The Morgan fingerprint density at radius 1 is 1.10 bits per heavy atom. The fraction of sp³-hybridized carbons (Fsp3) is 0.444. The normalized spacial score (nSPS) is 17.9. The predicted octanol–water partition coefficient (Wildman–Crippen LogP) is 3.67. The van der Waals surface area contributed by atoms with E-state index in [1.165, 1.54) is 25.7 Å². The first kappa shape index (κ1) is 12.8. The smallest absolute Gasteiger partial charge is 0.153 e. The Hall–Kier alpha value is -1.90. The van der Waals surface area contributed by atoms with Crippen LogP contribution in [0, 0.1) is 11.8 Å². The summed E-state index contributed by atoms with van der Waals surface area (Å²) in [6.45, 7) is 2.12. The third kappa shape index (κ3) is 2.78. The van der Waals surface area contributed by atoms with Crippen LogP contribution in [0.2, 0.25) is 0 Å². The highest BCUT2D eigenvalue weighted by Gasteiger charge is 2.30. The van der Waals surface area contributed by atoms with Gasteiger partial charge in [0.2, 0.25) is 0 Å². The number of aromatic nitrogens is 1. The van der Waals surface area contributed by atoms with E-state index in [0.29, 0.717) is 0 Å². The fourth-order valence-electron chi connectivity index (χ4n) is 2.93. The van der Waals surface area contributed by atoms with Gasteiger partial charge >= 0.3 is 0 Å². The van der Waals surface area contributed by atoms with Crippen molar-refractivity contribution in [3.05, 3.63) is 35.9 Å². The number of carbonyl (C=O) groups excluding carboxylic acids is 1. The van der Waals surface area contributed by atoms with Crippen molar-refractivity contribution in [3.63, 3.8) is 0 Å². The molecule has 4 rings (SSSR count). The minimum atomic E-state index is 0.731. The lowest BCUT2D eigenvalue weighted by Crippen LogP contribution is -2.30. The lowest BCUT2D eigenvalue weighted by atomic mass is 10.1. The van der Waals surface area contributed by atoms with Crippen LogP contribution in [0.3, 0.4) is 0 Å². The molecule has 0 atom stereocenters. The molecule has 1 aromatic carbocycles. The highest BCUT2D eigenvalue weighted by Crippen LogP contribution is 2.36. The molecule has 0 aliphatic heterocycles. The summed E-state index contributed by atoms with van der Waals surface area (Å²) in [4.78, 5) is 18.7. The molecule has 0 unspecified atom stereocenters. The van der Waals surface area contributed by atoms with Gasteiger partial charge < -0.3 is 4.90 Å². The number of rotatable bonds is 6. The first-order valence-electron chi connectivity index (χ1n) is 7.93. The van der Waals surface area contributed by atoms with Gasteiger partial charge in [-0.3, -0.25) is 4.79 Å². The molecular formula is C18H20N2O. The Morgan fingerprint density at radius 2 is 1.76 bits per heavy atom. The average Bonchev–Trinajstić information content (AvgIpc) is 3.41. The van der Waals surface area contributed by atoms with E-state index >= 15 is 0 Å². The summed E-state index contributed by atoms with van der Waals surface area (Å²) in [6.07, 6.45) is 6.26. The maximum Gasteiger partial charge on any atom is 0.153 e. The third-order valence-corrected chi connectivity index (χ3v) is 4.51. The summed E-state index contributed by atoms with van der Waals surface area (Å²) >= 11 is 0. The molecule has 3 heteroatoms. The molecule has 2 saturated carbocycles. The van der Waals surface area contributed by atoms with Crippen LogP contribution in [0.1, 0.15) is 36.0 Å². The molecular weight excluding hydrogens is 260 g/mol. The van der Waals surface area contributed by atoms with Crippen LogP contribution in [0.15, 0.2) is 30.3 Å². The van der Waals surface area contributed by atoms with E-state index in [9.17, 15) is 4.79 Å². The van der Waals surface area contributed by atoms with Crippen molar-refractivity contribution in [2.24, 2.45) is 11.8 Å². The Labute approximate surface area is 125 Å². The zero-order valence-corrected chi connectivity index (χ0v) is 12.2. The molecule has 108 valence electrons. The number of para-hydroxylation sites is 1. The number of nitrogens with zero attached hydrogens (tertiary/aromatic N) is 2. The predicted molar refractivity (Wildman–Crippen MR) is 84.8 cm³/mol. The van der Waals surface area contributed by atoms with Crippen molar-refractivity contribution >= 4 is 23.0 Å². The standard InChI is InChI=1S/C18H20N2O/c21-12-16-9-15-3-1-2-4-17(15)19-18(16)20(10-13-5-6-13)11-14-7-8-14/h1-4,9,12-14H,5-8,10-11H2. The zero-order chi connectivity index (χ0) is 14.2. The quantitative estimate of drug-likeness (QED) is 0.757. The number of anilines is 1. The average molecular weight is 280 g/mol. The van der Waals surface area contributed by atoms with E-state index in [-0.39, 0.29) is 0 Å². The van der Waals surface area contributed by atoms with Gasteiger partial charge in [0.1, 0.15) is 5.82 Å². The van der Waals surface area contributed by atoms with E-state index in [0.717, 1.165) is 53.5 Å². The minimum Gasteiger partial charge on any atom is -0.355 e. The van der Waals surface area contributed by atoms with E-state index in [1.54, 1.807) is 0 Å². The molecule has 2 aromatic rings. The van der Waals surface area contributed by atoms with E-state index < -0.39 is 0 Å².